The third kappa shape index (κ3) is 4.71. The summed E-state index contributed by atoms with van der Waals surface area (Å²) in [6, 6.07) is 61.5. The largest absolute Gasteiger partial charge is 0.309 e. The first-order valence-corrected chi connectivity index (χ1v) is 19.3. The van der Waals surface area contributed by atoms with E-state index in [2.05, 4.69) is 77.4 Å². The van der Waals surface area contributed by atoms with Crippen molar-refractivity contribution in [3.63, 3.8) is 0 Å². The molecule has 7 nitrogen and oxygen atoms in total. The topological polar surface area (TPSA) is 78.0 Å². The fraction of sp³-hybridized carbons (Fsp3) is 0. The first-order chi connectivity index (χ1) is 28.7. The lowest BCUT2D eigenvalue weighted by molar-refractivity contribution is 1.08. The molecule has 0 aliphatic heterocycles. The summed E-state index contributed by atoms with van der Waals surface area (Å²) < 4.78 is 4.17. The quantitative estimate of drug-likeness (QED) is 0.164. The van der Waals surface area contributed by atoms with Crippen LogP contribution in [0.25, 0.3) is 111 Å². The Morgan fingerprint density at radius 1 is 0.397 bits per heavy atom. The van der Waals surface area contributed by atoms with Gasteiger partial charge in [0.25, 0.3) is 5.56 Å². The Kier molecular flexibility index (Phi) is 6.94. The number of fused-ring (bicyclic) bond motifs is 7. The summed E-state index contributed by atoms with van der Waals surface area (Å²) in [6.45, 7) is 0. The molecule has 0 spiro atoms. The first-order valence-electron chi connectivity index (χ1n) is 19.3. The highest BCUT2D eigenvalue weighted by molar-refractivity contribution is 6.31. The maximum Gasteiger partial charge on any atom is 0.264 e. The summed E-state index contributed by atoms with van der Waals surface area (Å²) in [5.41, 5.74) is 8.25. The number of imidazole rings is 1. The molecule has 0 unspecified atom stereocenters. The van der Waals surface area contributed by atoms with Crippen molar-refractivity contribution in [1.82, 2.24) is 28.9 Å². The van der Waals surface area contributed by atoms with E-state index in [-0.39, 0.29) is 5.56 Å². The smallest absolute Gasteiger partial charge is 0.264 e. The van der Waals surface area contributed by atoms with Crippen molar-refractivity contribution in [2.45, 2.75) is 0 Å². The zero-order chi connectivity index (χ0) is 38.3. The van der Waals surface area contributed by atoms with E-state index >= 15 is 0 Å². The molecule has 12 rings (SSSR count). The van der Waals surface area contributed by atoms with Crippen molar-refractivity contribution in [1.29, 1.82) is 0 Å². The second-order valence-corrected chi connectivity index (χ2v) is 14.6. The molecule has 0 bridgehead atoms. The van der Waals surface area contributed by atoms with Crippen LogP contribution in [0, 0.1) is 0 Å². The third-order valence-corrected chi connectivity index (χ3v) is 11.3. The average Bonchev–Trinajstić information content (AvgIpc) is 3.84. The van der Waals surface area contributed by atoms with E-state index < -0.39 is 0 Å². The van der Waals surface area contributed by atoms with Crippen LogP contribution >= 0.6 is 0 Å². The van der Waals surface area contributed by atoms with E-state index in [0.29, 0.717) is 28.7 Å². The van der Waals surface area contributed by atoms with Gasteiger partial charge in [-0.1, -0.05) is 152 Å². The lowest BCUT2D eigenvalue weighted by atomic mass is 10.00. The van der Waals surface area contributed by atoms with E-state index in [9.17, 15) is 4.79 Å². The fourth-order valence-corrected chi connectivity index (χ4v) is 8.80. The summed E-state index contributed by atoms with van der Waals surface area (Å²) in [5, 5.41) is 6.83. The Morgan fingerprint density at radius 3 is 1.60 bits per heavy atom. The maximum atomic E-state index is 14.4. The van der Waals surface area contributed by atoms with E-state index in [0.717, 1.165) is 82.3 Å². The highest BCUT2D eigenvalue weighted by Gasteiger charge is 2.25. The first kappa shape index (κ1) is 32.2. The normalized spacial score (nSPS) is 11.9. The number of pyridine rings is 1. The Labute approximate surface area is 331 Å². The van der Waals surface area contributed by atoms with Gasteiger partial charge in [-0.05, 0) is 41.1 Å². The molecule has 0 radical (unpaired) electrons. The summed E-state index contributed by atoms with van der Waals surface area (Å²) in [4.78, 5) is 34.8. The second-order valence-electron chi connectivity index (χ2n) is 14.6. The molecule has 270 valence electrons. The van der Waals surface area contributed by atoms with E-state index in [1.165, 1.54) is 0 Å². The molecule has 0 amide bonds. The highest BCUT2D eigenvalue weighted by Crippen LogP contribution is 2.44. The fourth-order valence-electron chi connectivity index (χ4n) is 8.80. The van der Waals surface area contributed by atoms with Gasteiger partial charge in [0.1, 0.15) is 5.82 Å². The molecular weight excluding hydrogens is 713 g/mol. The van der Waals surface area contributed by atoms with Gasteiger partial charge in [0.2, 0.25) is 0 Å². The molecular formula is C51H30N6O. The second kappa shape index (κ2) is 12.5. The number of nitrogens with zero attached hydrogens (tertiary/aromatic N) is 6. The predicted octanol–water partition coefficient (Wildman–Crippen LogP) is 11.5. The van der Waals surface area contributed by atoms with E-state index in [4.69, 9.17) is 19.9 Å². The van der Waals surface area contributed by atoms with Gasteiger partial charge in [-0.25, -0.2) is 19.9 Å². The minimum absolute atomic E-state index is 0.0710. The molecule has 4 heterocycles. The summed E-state index contributed by atoms with van der Waals surface area (Å²) in [5.74, 6) is 2.47. The SMILES string of the molecule is O=c1c2ccccc2c2c3c4ccccc4n(-c4ccc(-c5nc(-c6ccccc6)nc(-c6ccccc6)n5)c5ccccc45)c3cc3nc(-c4ccccc4)n1c32. The van der Waals surface area contributed by atoms with Gasteiger partial charge in [-0.2, -0.15) is 0 Å². The number of rotatable bonds is 5. The summed E-state index contributed by atoms with van der Waals surface area (Å²) in [6.07, 6.45) is 0. The average molecular weight is 743 g/mol. The summed E-state index contributed by atoms with van der Waals surface area (Å²) >= 11 is 0. The van der Waals surface area contributed by atoms with Crippen LogP contribution < -0.4 is 5.56 Å². The number of hydrogen-bond acceptors (Lipinski definition) is 5. The van der Waals surface area contributed by atoms with Crippen LogP contribution in [-0.4, -0.2) is 28.9 Å². The van der Waals surface area contributed by atoms with Gasteiger partial charge in [0.15, 0.2) is 17.5 Å². The van der Waals surface area contributed by atoms with Gasteiger partial charge in [0.05, 0.1) is 27.8 Å². The summed E-state index contributed by atoms with van der Waals surface area (Å²) in [7, 11) is 0. The molecule has 0 saturated heterocycles. The van der Waals surface area contributed by atoms with Crippen LogP contribution in [0.4, 0.5) is 0 Å². The van der Waals surface area contributed by atoms with Crippen molar-refractivity contribution in [2.24, 2.45) is 0 Å². The van der Waals surface area contributed by atoms with Crippen LogP contribution in [0.5, 0.6) is 0 Å². The molecule has 7 heteroatoms. The monoisotopic (exact) mass is 742 g/mol. The molecule has 0 aliphatic rings. The van der Waals surface area contributed by atoms with Gasteiger partial charge in [-0.3, -0.25) is 9.20 Å². The maximum absolute atomic E-state index is 14.4. The Morgan fingerprint density at radius 2 is 0.931 bits per heavy atom. The van der Waals surface area contributed by atoms with E-state index in [1.54, 1.807) is 0 Å². The van der Waals surface area contributed by atoms with Gasteiger partial charge >= 0.3 is 0 Å². The van der Waals surface area contributed by atoms with Crippen molar-refractivity contribution in [3.05, 3.63) is 192 Å². The molecule has 0 saturated carbocycles. The number of benzene rings is 8. The molecule has 0 N–H and O–H groups in total. The van der Waals surface area contributed by atoms with Crippen LogP contribution in [0.2, 0.25) is 0 Å². The zero-order valence-electron chi connectivity index (χ0n) is 30.9. The van der Waals surface area contributed by atoms with E-state index in [1.807, 2.05) is 114 Å². The number of para-hydroxylation sites is 1. The third-order valence-electron chi connectivity index (χ3n) is 11.3. The molecule has 58 heavy (non-hydrogen) atoms. The Balaban J connectivity index is 1.17. The highest BCUT2D eigenvalue weighted by atomic mass is 16.1. The van der Waals surface area contributed by atoms with Gasteiger partial charge in [-0.15, -0.1) is 0 Å². The number of hydrogen-bond donors (Lipinski definition) is 0. The minimum Gasteiger partial charge on any atom is -0.309 e. The molecule has 0 aliphatic carbocycles. The van der Waals surface area contributed by atoms with Crippen molar-refractivity contribution in [2.75, 3.05) is 0 Å². The standard InChI is InChI=1S/C51H30N6O/c58-51-38-25-13-12-24-36(38)45-44-39-26-14-15-27-41(39)56(43(44)30-40-46(45)57(51)50(52-40)33-20-8-3-9-21-33)42-29-28-37(34-22-10-11-23-35(34)42)49-54-47(31-16-4-1-5-17-31)53-48(55-49)32-18-6-2-7-19-32/h1-30H. The van der Waals surface area contributed by atoms with Gasteiger partial charge in [0, 0.05) is 49.2 Å². The van der Waals surface area contributed by atoms with Gasteiger partial charge < -0.3 is 4.57 Å². The number of aromatic nitrogens is 6. The molecule has 8 aromatic carbocycles. The van der Waals surface area contributed by atoms with Crippen LogP contribution in [0.3, 0.4) is 0 Å². The van der Waals surface area contributed by atoms with Crippen LogP contribution in [0.15, 0.2) is 187 Å². The minimum atomic E-state index is -0.0710. The van der Waals surface area contributed by atoms with Crippen molar-refractivity contribution >= 4 is 59.8 Å². The Bertz CT molecular complexity index is 3580. The van der Waals surface area contributed by atoms with Crippen LogP contribution in [-0.2, 0) is 0 Å². The van der Waals surface area contributed by atoms with Crippen molar-refractivity contribution in [3.8, 4) is 51.2 Å². The molecule has 0 fully saturated rings. The predicted molar refractivity (Wildman–Crippen MR) is 235 cm³/mol. The van der Waals surface area contributed by atoms with Crippen molar-refractivity contribution < 1.29 is 0 Å². The molecule has 12 aromatic rings. The molecule has 4 aromatic heterocycles. The lowest BCUT2D eigenvalue weighted by Gasteiger charge is -2.15. The molecule has 0 atom stereocenters. The lowest BCUT2D eigenvalue weighted by Crippen LogP contribution is -2.14. The Hall–Kier alpha value is -8.03. The van der Waals surface area contributed by atoms with Crippen LogP contribution in [0.1, 0.15) is 0 Å². The zero-order valence-corrected chi connectivity index (χ0v) is 30.9.